The van der Waals surface area contributed by atoms with Crippen molar-refractivity contribution in [2.45, 2.75) is 26.0 Å². The number of methoxy groups -OCH3 is 1. The predicted molar refractivity (Wildman–Crippen MR) is 135 cm³/mol. The Morgan fingerprint density at radius 1 is 0.943 bits per heavy atom. The molecule has 1 aliphatic heterocycles. The third-order valence-corrected chi connectivity index (χ3v) is 6.69. The lowest BCUT2D eigenvalue weighted by molar-refractivity contribution is -0.151. The van der Waals surface area contributed by atoms with Crippen LogP contribution in [0, 0.1) is 11.8 Å². The Balaban J connectivity index is 1.48. The SMILES string of the molecule is COC(=O)[C@H]1C(=O)C2=C(C[C@H]1C)Nc1ccccc1N[C@H]2c1ccc(OCc2ccccc2)cc1. The van der Waals surface area contributed by atoms with E-state index in [1.54, 1.807) is 0 Å². The van der Waals surface area contributed by atoms with E-state index in [0.717, 1.165) is 33.9 Å². The van der Waals surface area contributed by atoms with Gasteiger partial charge in [0, 0.05) is 11.3 Å². The van der Waals surface area contributed by atoms with E-state index in [2.05, 4.69) is 10.6 Å². The highest BCUT2D eigenvalue weighted by molar-refractivity contribution is 6.11. The van der Waals surface area contributed by atoms with Gasteiger partial charge in [0.15, 0.2) is 5.78 Å². The molecule has 0 fully saturated rings. The van der Waals surface area contributed by atoms with Crippen molar-refractivity contribution in [3.63, 3.8) is 0 Å². The number of hydrogen-bond acceptors (Lipinski definition) is 6. The summed E-state index contributed by atoms with van der Waals surface area (Å²) in [6.45, 7) is 2.40. The molecule has 178 valence electrons. The van der Waals surface area contributed by atoms with E-state index in [-0.39, 0.29) is 11.7 Å². The van der Waals surface area contributed by atoms with Crippen LogP contribution in [0.4, 0.5) is 11.4 Å². The largest absolute Gasteiger partial charge is 0.489 e. The van der Waals surface area contributed by atoms with Gasteiger partial charge in [-0.25, -0.2) is 0 Å². The van der Waals surface area contributed by atoms with E-state index < -0.39 is 17.9 Å². The molecule has 3 aromatic rings. The molecule has 0 spiro atoms. The molecule has 1 heterocycles. The number of hydrogen-bond donors (Lipinski definition) is 2. The molecule has 35 heavy (non-hydrogen) atoms. The summed E-state index contributed by atoms with van der Waals surface area (Å²) in [5.74, 6) is -0.928. The molecule has 0 saturated carbocycles. The number of Topliss-reactive ketones (excluding diaryl/α,β-unsaturated/α-hetero) is 1. The van der Waals surface area contributed by atoms with E-state index >= 15 is 0 Å². The molecule has 6 nitrogen and oxygen atoms in total. The third-order valence-electron chi connectivity index (χ3n) is 6.69. The van der Waals surface area contributed by atoms with Crippen LogP contribution >= 0.6 is 0 Å². The van der Waals surface area contributed by atoms with Crippen LogP contribution in [0.2, 0.25) is 0 Å². The minimum Gasteiger partial charge on any atom is -0.489 e. The molecule has 0 bridgehead atoms. The third kappa shape index (κ3) is 4.52. The fraction of sp³-hybridized carbons (Fsp3) is 0.241. The van der Waals surface area contributed by atoms with Crippen LogP contribution < -0.4 is 15.4 Å². The maximum atomic E-state index is 13.7. The molecule has 0 unspecified atom stereocenters. The molecule has 2 aliphatic rings. The normalized spacial score (nSPS) is 21.1. The van der Waals surface area contributed by atoms with Crippen LogP contribution in [0.5, 0.6) is 5.75 Å². The Morgan fingerprint density at radius 2 is 1.63 bits per heavy atom. The van der Waals surface area contributed by atoms with E-state index in [9.17, 15) is 9.59 Å². The van der Waals surface area contributed by atoms with Crippen LogP contribution in [0.25, 0.3) is 0 Å². The number of benzene rings is 3. The molecule has 5 rings (SSSR count). The van der Waals surface area contributed by atoms with Gasteiger partial charge < -0.3 is 20.1 Å². The molecule has 3 aromatic carbocycles. The molecular weight excluding hydrogens is 440 g/mol. The molecule has 6 heteroatoms. The Labute approximate surface area is 205 Å². The van der Waals surface area contributed by atoms with Crippen molar-refractivity contribution in [3.8, 4) is 5.75 Å². The van der Waals surface area contributed by atoms with Gasteiger partial charge >= 0.3 is 5.97 Å². The smallest absolute Gasteiger partial charge is 0.316 e. The maximum Gasteiger partial charge on any atom is 0.316 e. The van der Waals surface area contributed by atoms with Crippen LogP contribution in [-0.4, -0.2) is 18.9 Å². The summed E-state index contributed by atoms with van der Waals surface area (Å²) in [5.41, 5.74) is 5.22. The quantitative estimate of drug-likeness (QED) is 0.381. The number of fused-ring (bicyclic) bond motifs is 1. The van der Waals surface area contributed by atoms with Crippen molar-refractivity contribution in [2.24, 2.45) is 11.8 Å². The first-order valence-electron chi connectivity index (χ1n) is 11.8. The zero-order valence-corrected chi connectivity index (χ0v) is 19.8. The number of carbonyl (C=O) groups is 2. The van der Waals surface area contributed by atoms with Gasteiger partial charge in [0.25, 0.3) is 0 Å². The average molecular weight is 469 g/mol. The number of ketones is 1. The number of para-hydroxylation sites is 2. The lowest BCUT2D eigenvalue weighted by atomic mass is 9.75. The fourth-order valence-electron chi connectivity index (χ4n) is 4.88. The van der Waals surface area contributed by atoms with E-state index in [1.807, 2.05) is 85.8 Å². The number of allylic oxidation sites excluding steroid dienone is 1. The summed E-state index contributed by atoms with van der Waals surface area (Å²) in [5, 5.41) is 7.01. The van der Waals surface area contributed by atoms with Crippen molar-refractivity contribution in [1.82, 2.24) is 0 Å². The average Bonchev–Trinajstić information content (AvgIpc) is 3.05. The van der Waals surface area contributed by atoms with Gasteiger partial charge in [-0.1, -0.05) is 61.5 Å². The monoisotopic (exact) mass is 468 g/mol. The molecule has 1 aliphatic carbocycles. The second-order valence-corrected chi connectivity index (χ2v) is 9.03. The zero-order chi connectivity index (χ0) is 24.4. The van der Waals surface area contributed by atoms with Crippen LogP contribution in [0.1, 0.15) is 30.5 Å². The minimum atomic E-state index is -0.820. The molecule has 0 aromatic heterocycles. The highest BCUT2D eigenvalue weighted by Crippen LogP contribution is 2.43. The summed E-state index contributed by atoms with van der Waals surface area (Å²) in [7, 11) is 1.33. The van der Waals surface area contributed by atoms with Gasteiger partial charge in [-0.05, 0) is 47.7 Å². The molecule has 3 atom stereocenters. The van der Waals surface area contributed by atoms with E-state index in [0.29, 0.717) is 18.6 Å². The Hall–Kier alpha value is -4.06. The lowest BCUT2D eigenvalue weighted by Gasteiger charge is -2.32. The number of nitrogens with one attached hydrogen (secondary N) is 2. The van der Waals surface area contributed by atoms with Gasteiger partial charge in [-0.15, -0.1) is 0 Å². The van der Waals surface area contributed by atoms with Crippen molar-refractivity contribution < 1.29 is 19.1 Å². The molecule has 0 radical (unpaired) electrons. The van der Waals surface area contributed by atoms with Gasteiger partial charge in [0.1, 0.15) is 18.3 Å². The van der Waals surface area contributed by atoms with E-state index in [4.69, 9.17) is 9.47 Å². The second kappa shape index (κ2) is 9.66. The predicted octanol–water partition coefficient (Wildman–Crippen LogP) is 5.50. The molecular formula is C29H28N2O4. The first-order chi connectivity index (χ1) is 17.0. The number of esters is 1. The fourth-order valence-corrected chi connectivity index (χ4v) is 4.88. The summed E-state index contributed by atoms with van der Waals surface area (Å²) < 4.78 is 10.9. The number of anilines is 2. The minimum absolute atomic E-state index is 0.166. The van der Waals surface area contributed by atoms with Crippen LogP contribution in [-0.2, 0) is 20.9 Å². The highest BCUT2D eigenvalue weighted by Gasteiger charge is 2.44. The summed E-state index contributed by atoms with van der Waals surface area (Å²) >= 11 is 0. The lowest BCUT2D eigenvalue weighted by Crippen LogP contribution is -2.39. The topological polar surface area (TPSA) is 76.7 Å². The van der Waals surface area contributed by atoms with Crippen LogP contribution in [0.3, 0.4) is 0 Å². The first-order valence-corrected chi connectivity index (χ1v) is 11.8. The summed E-state index contributed by atoms with van der Waals surface area (Å²) in [6.07, 6.45) is 0.575. The Kier molecular flexibility index (Phi) is 6.27. The van der Waals surface area contributed by atoms with E-state index in [1.165, 1.54) is 7.11 Å². The van der Waals surface area contributed by atoms with Gasteiger partial charge in [0.05, 0.1) is 24.5 Å². The Morgan fingerprint density at radius 3 is 2.34 bits per heavy atom. The molecule has 2 N–H and O–H groups in total. The zero-order valence-electron chi connectivity index (χ0n) is 19.8. The maximum absolute atomic E-state index is 13.7. The van der Waals surface area contributed by atoms with Gasteiger partial charge in [0.2, 0.25) is 0 Å². The van der Waals surface area contributed by atoms with Gasteiger partial charge in [-0.2, -0.15) is 0 Å². The number of ether oxygens (including phenoxy) is 2. The molecule has 0 saturated heterocycles. The summed E-state index contributed by atoms with van der Waals surface area (Å²) in [4.78, 5) is 26.2. The number of rotatable bonds is 5. The highest BCUT2D eigenvalue weighted by atomic mass is 16.5. The first kappa shape index (κ1) is 22.7. The summed E-state index contributed by atoms with van der Waals surface area (Å²) in [6, 6.07) is 25.2. The van der Waals surface area contributed by atoms with Crippen molar-refractivity contribution in [1.29, 1.82) is 0 Å². The van der Waals surface area contributed by atoms with Crippen molar-refractivity contribution >= 4 is 23.1 Å². The van der Waals surface area contributed by atoms with Gasteiger partial charge in [-0.3, -0.25) is 9.59 Å². The van der Waals surface area contributed by atoms with Crippen molar-refractivity contribution in [2.75, 3.05) is 17.7 Å². The Bertz CT molecular complexity index is 1270. The van der Waals surface area contributed by atoms with Crippen LogP contribution in [0.15, 0.2) is 90.1 Å². The second-order valence-electron chi connectivity index (χ2n) is 9.03. The number of carbonyl (C=O) groups excluding carboxylic acids is 2. The van der Waals surface area contributed by atoms with Crippen molar-refractivity contribution in [3.05, 3.63) is 101 Å². The standard InChI is InChI=1S/C29H28N2O4/c1-18-16-24-26(28(32)25(18)29(33)34-2)27(31-23-11-7-6-10-22(23)30-24)20-12-14-21(15-13-20)35-17-19-8-4-3-5-9-19/h3-15,18,25,27,30-31H,16-17H2,1-2H3/t18-,25-,27+/m1/s1. The molecule has 0 amide bonds.